The van der Waals surface area contributed by atoms with Crippen LogP contribution in [0.25, 0.3) is 10.9 Å². The fourth-order valence-corrected chi connectivity index (χ4v) is 2.96. The van der Waals surface area contributed by atoms with Crippen LogP contribution in [0.2, 0.25) is 0 Å². The molecule has 0 atom stereocenters. The van der Waals surface area contributed by atoms with E-state index in [-0.39, 0.29) is 4.90 Å². The molecular weight excluding hydrogens is 385 g/mol. The Balaban J connectivity index is 0.000000465. The molecule has 0 fully saturated rings. The maximum atomic E-state index is 12.1. The first kappa shape index (κ1) is 20.5. The molecule has 0 aliphatic heterocycles. The van der Waals surface area contributed by atoms with E-state index in [1.54, 1.807) is 28.8 Å². The van der Waals surface area contributed by atoms with E-state index < -0.39 is 17.3 Å². The largest absolute Gasteiger partial charge is 0.673 e. The Morgan fingerprint density at radius 2 is 1.41 bits per heavy atom. The monoisotopic (exact) mass is 399 g/mol. The molecule has 0 aliphatic carbocycles. The SMILES string of the molecule is C[n+]1c(N=NS(=O)(=O)c2ccccc2)ccc2ccccc21.F[B-](F)(F)F. The van der Waals surface area contributed by atoms with Crippen molar-refractivity contribution in [2.45, 2.75) is 4.90 Å². The number of benzene rings is 2. The highest BCUT2D eigenvalue weighted by Gasteiger charge is 2.20. The Labute approximate surface area is 153 Å². The van der Waals surface area contributed by atoms with Crippen molar-refractivity contribution < 1.29 is 30.2 Å². The number of hydrogen-bond donors (Lipinski definition) is 0. The minimum Gasteiger partial charge on any atom is -0.418 e. The van der Waals surface area contributed by atoms with Gasteiger partial charge in [-0.05, 0) is 24.3 Å². The molecule has 27 heavy (non-hydrogen) atoms. The van der Waals surface area contributed by atoms with Gasteiger partial charge in [0.05, 0.1) is 21.6 Å². The second-order valence-electron chi connectivity index (χ2n) is 5.27. The lowest BCUT2D eigenvalue weighted by Crippen LogP contribution is -2.29. The molecule has 11 heteroatoms. The smallest absolute Gasteiger partial charge is 0.418 e. The normalized spacial score (nSPS) is 12.0. The zero-order valence-electron chi connectivity index (χ0n) is 14.0. The topological polar surface area (TPSA) is 62.7 Å². The first-order chi connectivity index (χ1) is 12.6. The van der Waals surface area contributed by atoms with Crippen molar-refractivity contribution in [3.05, 3.63) is 66.7 Å². The van der Waals surface area contributed by atoms with Gasteiger partial charge in [-0.1, -0.05) is 36.4 Å². The standard InChI is InChI=1S/C16H14N3O2S.BF4/c1-19-15-10-6-5-7-13(15)11-12-16(19)17-18-22(20,21)14-8-3-2-4-9-14;2-1(3,4)5/h2-12H,1H3;/q+1;-1. The van der Waals surface area contributed by atoms with E-state index in [9.17, 15) is 25.7 Å². The van der Waals surface area contributed by atoms with E-state index in [1.165, 1.54) is 12.1 Å². The zero-order valence-corrected chi connectivity index (χ0v) is 14.8. The summed E-state index contributed by atoms with van der Waals surface area (Å²) in [4.78, 5) is 0.127. The van der Waals surface area contributed by atoms with Gasteiger partial charge in [0, 0.05) is 11.5 Å². The van der Waals surface area contributed by atoms with Crippen LogP contribution in [0, 0.1) is 0 Å². The predicted octanol–water partition coefficient (Wildman–Crippen LogP) is 4.44. The molecule has 1 heterocycles. The van der Waals surface area contributed by atoms with E-state index in [4.69, 9.17) is 0 Å². The number of aryl methyl sites for hydroxylation is 1. The number of nitrogens with zero attached hydrogens (tertiary/aromatic N) is 3. The Morgan fingerprint density at radius 3 is 2.04 bits per heavy atom. The van der Waals surface area contributed by atoms with Crippen LogP contribution < -0.4 is 4.57 Å². The van der Waals surface area contributed by atoms with Crippen LogP contribution in [-0.2, 0) is 17.1 Å². The summed E-state index contributed by atoms with van der Waals surface area (Å²) in [5.74, 6) is 0.471. The van der Waals surface area contributed by atoms with Gasteiger partial charge in [0.1, 0.15) is 5.52 Å². The molecule has 0 unspecified atom stereocenters. The Hall–Kier alpha value is -2.82. The summed E-state index contributed by atoms with van der Waals surface area (Å²) < 4.78 is 68.6. The van der Waals surface area contributed by atoms with E-state index in [1.807, 2.05) is 37.4 Å². The molecule has 0 N–H and O–H groups in total. The zero-order chi connectivity index (χ0) is 20.1. The van der Waals surface area contributed by atoms with Gasteiger partial charge in [0.15, 0.2) is 0 Å². The molecule has 3 rings (SSSR count). The summed E-state index contributed by atoms with van der Waals surface area (Å²) in [6.45, 7) is 0. The van der Waals surface area contributed by atoms with Crippen molar-refractivity contribution in [3.8, 4) is 0 Å². The van der Waals surface area contributed by atoms with Gasteiger partial charge in [-0.3, -0.25) is 0 Å². The van der Waals surface area contributed by atoms with Crippen LogP contribution in [0.5, 0.6) is 0 Å². The van der Waals surface area contributed by atoms with Crippen molar-refractivity contribution >= 4 is 34.0 Å². The number of hydrogen-bond acceptors (Lipinski definition) is 3. The average molecular weight is 399 g/mol. The summed E-state index contributed by atoms with van der Waals surface area (Å²) in [5.41, 5.74) is 0.955. The van der Waals surface area contributed by atoms with E-state index >= 15 is 0 Å². The van der Waals surface area contributed by atoms with Crippen molar-refractivity contribution in [2.24, 2.45) is 16.7 Å². The van der Waals surface area contributed by atoms with Crippen LogP contribution >= 0.6 is 0 Å². The number of para-hydroxylation sites is 1. The lowest BCUT2D eigenvalue weighted by molar-refractivity contribution is -0.631. The first-order valence-corrected chi connectivity index (χ1v) is 9.00. The van der Waals surface area contributed by atoms with E-state index in [2.05, 4.69) is 9.63 Å². The molecule has 0 radical (unpaired) electrons. The molecule has 2 aromatic carbocycles. The highest BCUT2D eigenvalue weighted by atomic mass is 32.2. The summed E-state index contributed by atoms with van der Waals surface area (Å²) >= 11 is 0. The molecule has 0 saturated heterocycles. The molecule has 0 spiro atoms. The van der Waals surface area contributed by atoms with Crippen molar-refractivity contribution in [2.75, 3.05) is 0 Å². The van der Waals surface area contributed by atoms with Crippen LogP contribution in [0.3, 0.4) is 0 Å². The summed E-state index contributed by atoms with van der Waals surface area (Å²) in [6.07, 6.45) is 0. The fourth-order valence-electron chi connectivity index (χ4n) is 2.17. The van der Waals surface area contributed by atoms with Gasteiger partial charge in [0.25, 0.3) is 0 Å². The van der Waals surface area contributed by atoms with Gasteiger partial charge >= 0.3 is 23.1 Å². The average Bonchev–Trinajstić information content (AvgIpc) is 2.61. The van der Waals surface area contributed by atoms with Gasteiger partial charge in [-0.15, -0.1) is 0 Å². The number of sulfonamides is 1. The second-order valence-corrected chi connectivity index (χ2v) is 6.86. The van der Waals surface area contributed by atoms with Gasteiger partial charge in [-0.2, -0.15) is 8.42 Å². The maximum Gasteiger partial charge on any atom is 0.673 e. The number of rotatable bonds is 3. The second kappa shape index (κ2) is 8.25. The predicted molar refractivity (Wildman–Crippen MR) is 93.5 cm³/mol. The maximum absolute atomic E-state index is 12.1. The van der Waals surface area contributed by atoms with Crippen LogP contribution in [0.4, 0.5) is 23.1 Å². The fraction of sp³-hybridized carbons (Fsp3) is 0.0625. The summed E-state index contributed by atoms with van der Waals surface area (Å²) in [5, 5.41) is 4.95. The highest BCUT2D eigenvalue weighted by Crippen LogP contribution is 2.17. The van der Waals surface area contributed by atoms with Crippen molar-refractivity contribution in [1.82, 2.24) is 0 Å². The molecule has 1 aromatic heterocycles. The molecule has 0 aliphatic rings. The number of fused-ring (bicyclic) bond motifs is 1. The molecule has 0 saturated carbocycles. The van der Waals surface area contributed by atoms with Crippen LogP contribution in [-0.4, -0.2) is 15.7 Å². The molecule has 0 bridgehead atoms. The highest BCUT2D eigenvalue weighted by molar-refractivity contribution is 7.90. The quantitative estimate of drug-likeness (QED) is 0.283. The third kappa shape index (κ3) is 6.13. The van der Waals surface area contributed by atoms with Gasteiger partial charge in [0.2, 0.25) is 0 Å². The summed E-state index contributed by atoms with van der Waals surface area (Å²) in [7, 11) is -7.96. The molecular formula is C16H14BF4N3O2S. The lowest BCUT2D eigenvalue weighted by atomic mass is 10.2. The van der Waals surface area contributed by atoms with E-state index in [0.29, 0.717) is 5.82 Å². The van der Waals surface area contributed by atoms with Crippen LogP contribution in [0.1, 0.15) is 0 Å². The third-order valence-corrected chi connectivity index (χ3v) is 4.51. The third-order valence-electron chi connectivity index (χ3n) is 3.35. The number of aromatic nitrogens is 1. The van der Waals surface area contributed by atoms with Gasteiger partial charge in [-0.25, -0.2) is 4.57 Å². The summed E-state index contributed by atoms with van der Waals surface area (Å²) in [6, 6.07) is 19.5. The minimum atomic E-state index is -6.00. The Bertz CT molecular complexity index is 1050. The van der Waals surface area contributed by atoms with Crippen molar-refractivity contribution in [1.29, 1.82) is 0 Å². The number of pyridine rings is 1. The Morgan fingerprint density at radius 1 is 0.852 bits per heavy atom. The molecule has 3 aromatic rings. The molecule has 142 valence electrons. The van der Waals surface area contributed by atoms with Crippen molar-refractivity contribution in [3.63, 3.8) is 0 Å². The van der Waals surface area contributed by atoms with Crippen LogP contribution in [0.15, 0.2) is 81.3 Å². The molecule has 0 amide bonds. The van der Waals surface area contributed by atoms with Gasteiger partial charge < -0.3 is 17.3 Å². The first-order valence-electron chi connectivity index (χ1n) is 7.56. The molecule has 5 nitrogen and oxygen atoms in total. The van der Waals surface area contributed by atoms with E-state index in [0.717, 1.165) is 10.9 Å². The number of halogens is 4. The minimum absolute atomic E-state index is 0.127. The Kier molecular flexibility index (Phi) is 6.26. The lowest BCUT2D eigenvalue weighted by Gasteiger charge is -1.99.